The van der Waals surface area contributed by atoms with Crippen LogP contribution in [0.4, 0.5) is 11.4 Å². The van der Waals surface area contributed by atoms with Crippen LogP contribution in [-0.4, -0.2) is 32.1 Å². The Morgan fingerprint density at radius 1 is 1.29 bits per heavy atom. The molecule has 0 spiro atoms. The van der Waals surface area contributed by atoms with E-state index in [1.165, 1.54) is 12.1 Å². The minimum atomic E-state index is -0.902. The second-order valence-corrected chi connectivity index (χ2v) is 6.40. The highest BCUT2D eigenvalue weighted by Gasteiger charge is 2.18. The van der Waals surface area contributed by atoms with Gasteiger partial charge in [-0.25, -0.2) is 0 Å². The molecule has 0 bridgehead atoms. The van der Waals surface area contributed by atoms with E-state index in [0.29, 0.717) is 18.5 Å². The molecule has 21 heavy (non-hydrogen) atoms. The maximum Gasteiger partial charge on any atom is 0.280 e. The first-order valence-corrected chi connectivity index (χ1v) is 7.89. The summed E-state index contributed by atoms with van der Waals surface area (Å²) in [7, 11) is -0.902. The van der Waals surface area contributed by atoms with Gasteiger partial charge in [-0.2, -0.15) is 0 Å². The van der Waals surface area contributed by atoms with Gasteiger partial charge in [0.25, 0.3) is 11.4 Å². The van der Waals surface area contributed by atoms with Crippen LogP contribution in [0.5, 0.6) is 0 Å². The molecule has 0 aliphatic heterocycles. The molecule has 8 nitrogen and oxygen atoms in total. The molecule has 1 aromatic carbocycles. The Bertz CT molecular complexity index is 564. The lowest BCUT2D eigenvalue weighted by atomic mass is 10.1. The van der Waals surface area contributed by atoms with Crippen molar-refractivity contribution < 1.29 is 14.1 Å². The average Bonchev–Trinajstić information content (AvgIpc) is 2.42. The van der Waals surface area contributed by atoms with Gasteiger partial charge < -0.3 is 5.32 Å². The first kappa shape index (κ1) is 17.2. The van der Waals surface area contributed by atoms with Gasteiger partial charge in [0, 0.05) is 40.5 Å². The molecule has 0 aromatic heterocycles. The Balaban J connectivity index is 2.68. The first-order valence-electron chi connectivity index (χ1n) is 6.27. The minimum absolute atomic E-state index is 0.0457. The van der Waals surface area contributed by atoms with Crippen molar-refractivity contribution in [3.8, 4) is 0 Å². The van der Waals surface area contributed by atoms with E-state index >= 15 is 0 Å². The van der Waals surface area contributed by atoms with Crippen LogP contribution in [0.3, 0.4) is 0 Å². The van der Waals surface area contributed by atoms with Gasteiger partial charge in [-0.1, -0.05) is 6.92 Å². The fraction of sp³-hybridized carbons (Fsp3) is 0.500. The number of non-ortho nitro benzene ring substituents is 1. The van der Waals surface area contributed by atoms with Crippen molar-refractivity contribution in [2.75, 3.05) is 12.8 Å². The van der Waals surface area contributed by atoms with Crippen molar-refractivity contribution in [3.05, 3.63) is 44.0 Å². The van der Waals surface area contributed by atoms with Crippen LogP contribution in [0.15, 0.2) is 18.2 Å². The number of rotatable bonds is 8. The summed E-state index contributed by atoms with van der Waals surface area (Å²) in [6.07, 6.45) is 2.32. The summed E-state index contributed by atoms with van der Waals surface area (Å²) in [5, 5.41) is 24.6. The highest BCUT2D eigenvalue weighted by Crippen LogP contribution is 2.24. The minimum Gasteiger partial charge on any atom is -0.312 e. The molecule has 0 saturated heterocycles. The van der Waals surface area contributed by atoms with Crippen LogP contribution in [-0.2, 0) is 17.3 Å². The van der Waals surface area contributed by atoms with Crippen LogP contribution >= 0.6 is 0 Å². The third-order valence-corrected chi connectivity index (χ3v) is 4.46. The second-order valence-electron chi connectivity index (χ2n) is 4.60. The summed E-state index contributed by atoms with van der Waals surface area (Å²) in [6, 6.07) is 3.58. The predicted octanol–water partition coefficient (Wildman–Crippen LogP) is 1.75. The summed E-state index contributed by atoms with van der Waals surface area (Å²) in [5.74, 6) is 0. The van der Waals surface area contributed by atoms with Crippen molar-refractivity contribution >= 4 is 22.2 Å². The van der Waals surface area contributed by atoms with E-state index in [2.05, 4.69) is 5.32 Å². The summed E-state index contributed by atoms with van der Waals surface area (Å²) in [5.41, 5.74) is -0.194. The lowest BCUT2D eigenvalue weighted by molar-refractivity contribution is -0.394. The van der Waals surface area contributed by atoms with Crippen molar-refractivity contribution in [1.29, 1.82) is 0 Å². The first-order chi connectivity index (χ1) is 9.82. The molecular formula is C12H17N3O5S. The summed E-state index contributed by atoms with van der Waals surface area (Å²) in [6.45, 7) is 2.67. The fourth-order valence-corrected chi connectivity index (χ4v) is 2.13. The number of hydrogen-bond donors (Lipinski definition) is 1. The number of nitro groups is 2. The molecule has 0 aliphatic carbocycles. The van der Waals surface area contributed by atoms with E-state index in [9.17, 15) is 24.4 Å². The normalized spacial score (nSPS) is 13.6. The molecular weight excluding hydrogens is 298 g/mol. The maximum atomic E-state index is 11.2. The molecule has 0 heterocycles. The number of nitro benzene ring substituents is 2. The molecule has 1 N–H and O–H groups in total. The highest BCUT2D eigenvalue weighted by molar-refractivity contribution is 7.84. The number of nitrogens with one attached hydrogen (secondary N) is 1. The Labute approximate surface area is 124 Å². The van der Waals surface area contributed by atoms with Crippen molar-refractivity contribution in [3.63, 3.8) is 0 Å². The zero-order valence-electron chi connectivity index (χ0n) is 11.8. The summed E-state index contributed by atoms with van der Waals surface area (Å²) < 4.78 is 11.2. The monoisotopic (exact) mass is 315 g/mol. The predicted molar refractivity (Wildman–Crippen MR) is 79.6 cm³/mol. The molecule has 9 heteroatoms. The van der Waals surface area contributed by atoms with E-state index in [0.717, 1.165) is 6.07 Å². The van der Waals surface area contributed by atoms with Gasteiger partial charge in [-0.3, -0.25) is 24.4 Å². The standard InChI is InChI=1S/C12H17N3O5S/c1-9(21(2)20)5-6-13-8-10-3-4-11(14(16)17)7-12(10)15(18)19/h3-4,7,9,13H,5-6,8H2,1-2H3. The number of nitrogens with zero attached hydrogens (tertiary/aromatic N) is 2. The number of hydrogen-bond acceptors (Lipinski definition) is 6. The quantitative estimate of drug-likeness (QED) is 0.444. The molecule has 0 fully saturated rings. The molecule has 0 amide bonds. The van der Waals surface area contributed by atoms with Crippen LogP contribution in [0.25, 0.3) is 0 Å². The van der Waals surface area contributed by atoms with Crippen molar-refractivity contribution in [2.24, 2.45) is 0 Å². The van der Waals surface area contributed by atoms with Gasteiger partial charge in [0.2, 0.25) is 0 Å². The fourth-order valence-electron chi connectivity index (χ4n) is 1.68. The SMILES string of the molecule is CC(CCNCc1ccc([N+](=O)[O-])cc1[N+](=O)[O-])S(C)=O. The Hall–Kier alpha value is -1.87. The zero-order valence-corrected chi connectivity index (χ0v) is 12.6. The molecule has 1 rings (SSSR count). The van der Waals surface area contributed by atoms with Crippen molar-refractivity contribution in [2.45, 2.75) is 25.1 Å². The van der Waals surface area contributed by atoms with Gasteiger partial charge >= 0.3 is 0 Å². The average molecular weight is 315 g/mol. The van der Waals surface area contributed by atoms with Gasteiger partial charge in [-0.05, 0) is 19.0 Å². The molecule has 2 atom stereocenters. The number of benzene rings is 1. The van der Waals surface area contributed by atoms with Crippen molar-refractivity contribution in [1.82, 2.24) is 5.32 Å². The molecule has 0 radical (unpaired) electrons. The van der Waals surface area contributed by atoms with E-state index in [4.69, 9.17) is 0 Å². The smallest absolute Gasteiger partial charge is 0.280 e. The van der Waals surface area contributed by atoms with Crippen LogP contribution < -0.4 is 5.32 Å². The summed E-state index contributed by atoms with van der Waals surface area (Å²) in [4.78, 5) is 20.3. The zero-order chi connectivity index (χ0) is 16.0. The highest BCUT2D eigenvalue weighted by atomic mass is 32.2. The largest absolute Gasteiger partial charge is 0.312 e. The Kier molecular flexibility index (Phi) is 6.38. The lowest BCUT2D eigenvalue weighted by Gasteiger charge is -2.09. The maximum absolute atomic E-state index is 11.2. The third kappa shape index (κ3) is 5.20. The van der Waals surface area contributed by atoms with Crippen LogP contribution in [0.2, 0.25) is 0 Å². The van der Waals surface area contributed by atoms with Gasteiger partial charge in [-0.15, -0.1) is 0 Å². The summed E-state index contributed by atoms with van der Waals surface area (Å²) >= 11 is 0. The van der Waals surface area contributed by atoms with Crippen LogP contribution in [0.1, 0.15) is 18.9 Å². The Morgan fingerprint density at radius 2 is 1.95 bits per heavy atom. The van der Waals surface area contributed by atoms with E-state index < -0.39 is 20.6 Å². The molecule has 0 saturated carbocycles. The van der Waals surface area contributed by atoms with Crippen LogP contribution in [0, 0.1) is 20.2 Å². The molecule has 0 aliphatic rings. The van der Waals surface area contributed by atoms with E-state index in [-0.39, 0.29) is 23.2 Å². The van der Waals surface area contributed by atoms with E-state index in [1.807, 2.05) is 6.92 Å². The second kappa shape index (κ2) is 7.79. The molecule has 116 valence electrons. The third-order valence-electron chi connectivity index (χ3n) is 3.09. The Morgan fingerprint density at radius 3 is 2.48 bits per heavy atom. The van der Waals surface area contributed by atoms with Gasteiger partial charge in [0.05, 0.1) is 15.9 Å². The topological polar surface area (TPSA) is 115 Å². The molecule has 1 aromatic rings. The van der Waals surface area contributed by atoms with Gasteiger partial charge in [0.15, 0.2) is 0 Å². The molecule has 2 unspecified atom stereocenters. The van der Waals surface area contributed by atoms with Gasteiger partial charge in [0.1, 0.15) is 0 Å². The lowest BCUT2D eigenvalue weighted by Crippen LogP contribution is -2.21. The van der Waals surface area contributed by atoms with E-state index in [1.54, 1.807) is 6.26 Å².